The van der Waals surface area contributed by atoms with Gasteiger partial charge < -0.3 is 9.47 Å². The Bertz CT molecular complexity index is 507. The Hall–Kier alpha value is -1.32. The number of hydrogen-bond acceptors (Lipinski definition) is 4. The van der Waals surface area contributed by atoms with Gasteiger partial charge in [-0.1, -0.05) is 32.9 Å². The summed E-state index contributed by atoms with van der Waals surface area (Å²) in [7, 11) is 0. The van der Waals surface area contributed by atoms with Crippen LogP contribution in [0, 0.1) is 22.7 Å². The van der Waals surface area contributed by atoms with Crippen molar-refractivity contribution in [3.05, 3.63) is 12.2 Å². The van der Waals surface area contributed by atoms with Crippen LogP contribution in [0.15, 0.2) is 12.2 Å². The van der Waals surface area contributed by atoms with E-state index in [4.69, 9.17) is 9.47 Å². The summed E-state index contributed by atoms with van der Waals surface area (Å²) in [6.45, 7) is 14.3. The second-order valence-electron chi connectivity index (χ2n) is 8.10. The molecule has 0 aromatic carbocycles. The van der Waals surface area contributed by atoms with E-state index in [1.54, 1.807) is 0 Å². The zero-order chi connectivity index (χ0) is 17.4. The van der Waals surface area contributed by atoms with Gasteiger partial charge >= 0.3 is 11.9 Å². The Balaban J connectivity index is 2.40. The second kappa shape index (κ2) is 6.29. The Morgan fingerprint density at radius 3 is 2.39 bits per heavy atom. The van der Waals surface area contributed by atoms with Gasteiger partial charge in [0.05, 0.1) is 6.61 Å². The Labute approximate surface area is 139 Å². The maximum atomic E-state index is 11.6. The van der Waals surface area contributed by atoms with Crippen LogP contribution in [0.3, 0.4) is 0 Å². The third kappa shape index (κ3) is 3.31. The number of rotatable bonds is 3. The van der Waals surface area contributed by atoms with Crippen LogP contribution in [0.1, 0.15) is 60.3 Å². The van der Waals surface area contributed by atoms with Gasteiger partial charge in [-0.15, -0.1) is 0 Å². The number of esters is 2. The summed E-state index contributed by atoms with van der Waals surface area (Å²) >= 11 is 0. The van der Waals surface area contributed by atoms with E-state index in [0.717, 1.165) is 31.3 Å². The Morgan fingerprint density at radius 1 is 1.17 bits per heavy atom. The van der Waals surface area contributed by atoms with Crippen molar-refractivity contribution in [1.29, 1.82) is 0 Å². The van der Waals surface area contributed by atoms with E-state index >= 15 is 0 Å². The van der Waals surface area contributed by atoms with Crippen molar-refractivity contribution < 1.29 is 19.1 Å². The van der Waals surface area contributed by atoms with Gasteiger partial charge in [0.15, 0.2) is 0 Å². The average molecular weight is 322 g/mol. The summed E-state index contributed by atoms with van der Waals surface area (Å²) < 4.78 is 11.1. The molecule has 0 spiro atoms. The maximum Gasteiger partial charge on any atom is 0.302 e. The van der Waals surface area contributed by atoms with Crippen molar-refractivity contribution in [3.63, 3.8) is 0 Å². The lowest BCUT2D eigenvalue weighted by molar-refractivity contribution is -0.186. The van der Waals surface area contributed by atoms with E-state index < -0.39 is 0 Å². The van der Waals surface area contributed by atoms with Crippen molar-refractivity contribution in [3.8, 4) is 0 Å². The molecule has 0 saturated heterocycles. The van der Waals surface area contributed by atoms with E-state index in [2.05, 4.69) is 27.4 Å². The summed E-state index contributed by atoms with van der Waals surface area (Å²) in [5.74, 6) is -0.0621. The van der Waals surface area contributed by atoms with Gasteiger partial charge in [0, 0.05) is 25.2 Å². The van der Waals surface area contributed by atoms with Gasteiger partial charge in [0.25, 0.3) is 0 Å². The fourth-order valence-electron chi connectivity index (χ4n) is 5.05. The molecule has 130 valence electrons. The maximum absolute atomic E-state index is 11.6. The first kappa shape index (κ1) is 18.0. The molecular weight excluding hydrogens is 292 g/mol. The summed E-state index contributed by atoms with van der Waals surface area (Å²) in [5, 5.41) is 0. The first-order valence-electron chi connectivity index (χ1n) is 8.57. The molecule has 0 aromatic heterocycles. The van der Waals surface area contributed by atoms with Crippen molar-refractivity contribution in [2.45, 2.75) is 66.4 Å². The van der Waals surface area contributed by atoms with Crippen LogP contribution in [0.2, 0.25) is 0 Å². The fourth-order valence-corrected chi connectivity index (χ4v) is 5.05. The van der Waals surface area contributed by atoms with E-state index in [1.807, 2.05) is 0 Å². The molecular formula is C19H30O4. The lowest BCUT2D eigenvalue weighted by atomic mass is 9.46. The molecule has 2 aliphatic rings. The SMILES string of the molecule is C=C1CCC2C(C)(C)CCC(OC(C)=O)C2(C)C1COC(C)=O. The molecule has 0 heterocycles. The predicted molar refractivity (Wildman–Crippen MR) is 88.7 cm³/mol. The van der Waals surface area contributed by atoms with Gasteiger partial charge in [-0.25, -0.2) is 0 Å². The minimum absolute atomic E-state index is 0.0362. The zero-order valence-electron chi connectivity index (χ0n) is 15.1. The Kier molecular flexibility index (Phi) is 4.93. The summed E-state index contributed by atoms with van der Waals surface area (Å²) in [6, 6.07) is 0. The van der Waals surface area contributed by atoms with E-state index in [9.17, 15) is 9.59 Å². The van der Waals surface area contributed by atoms with Gasteiger partial charge in [-0.05, 0) is 37.0 Å². The molecule has 0 amide bonds. The minimum Gasteiger partial charge on any atom is -0.465 e. The Morgan fingerprint density at radius 2 is 1.83 bits per heavy atom. The van der Waals surface area contributed by atoms with Gasteiger partial charge in [0.1, 0.15) is 6.10 Å². The lowest BCUT2D eigenvalue weighted by Gasteiger charge is -2.60. The van der Waals surface area contributed by atoms with Crippen LogP contribution < -0.4 is 0 Å². The molecule has 2 aliphatic carbocycles. The smallest absolute Gasteiger partial charge is 0.302 e. The molecule has 23 heavy (non-hydrogen) atoms. The zero-order valence-corrected chi connectivity index (χ0v) is 15.1. The number of hydrogen-bond donors (Lipinski definition) is 0. The first-order valence-corrected chi connectivity index (χ1v) is 8.57. The lowest BCUT2D eigenvalue weighted by Crippen LogP contribution is -2.58. The quantitative estimate of drug-likeness (QED) is 0.584. The molecule has 0 aromatic rings. The molecule has 4 atom stereocenters. The van der Waals surface area contributed by atoms with Gasteiger partial charge in [-0.2, -0.15) is 0 Å². The van der Waals surface area contributed by atoms with Crippen LogP contribution in [-0.2, 0) is 19.1 Å². The number of ether oxygens (including phenoxy) is 2. The van der Waals surface area contributed by atoms with Crippen LogP contribution in [0.4, 0.5) is 0 Å². The highest BCUT2D eigenvalue weighted by Crippen LogP contribution is 2.61. The largest absolute Gasteiger partial charge is 0.465 e. The van der Waals surface area contributed by atoms with Crippen LogP contribution in [0.25, 0.3) is 0 Å². The molecule has 2 fully saturated rings. The third-order valence-electron chi connectivity index (χ3n) is 6.20. The molecule has 4 unspecified atom stereocenters. The topological polar surface area (TPSA) is 52.6 Å². The molecule has 4 nitrogen and oxygen atoms in total. The molecule has 4 heteroatoms. The van der Waals surface area contributed by atoms with Crippen molar-refractivity contribution in [2.24, 2.45) is 22.7 Å². The molecule has 0 aliphatic heterocycles. The summed E-state index contributed by atoms with van der Waals surface area (Å²) in [5.41, 5.74) is 1.05. The highest BCUT2D eigenvalue weighted by molar-refractivity contribution is 5.66. The highest BCUT2D eigenvalue weighted by atomic mass is 16.5. The van der Waals surface area contributed by atoms with E-state index in [0.29, 0.717) is 12.5 Å². The molecule has 0 radical (unpaired) electrons. The summed E-state index contributed by atoms with van der Waals surface area (Å²) in [6.07, 6.45) is 3.75. The van der Waals surface area contributed by atoms with Crippen LogP contribution in [-0.4, -0.2) is 24.6 Å². The van der Waals surface area contributed by atoms with Crippen LogP contribution >= 0.6 is 0 Å². The average Bonchev–Trinajstić information content (AvgIpc) is 2.40. The van der Waals surface area contributed by atoms with Gasteiger partial charge in [-0.3, -0.25) is 9.59 Å². The van der Waals surface area contributed by atoms with E-state index in [1.165, 1.54) is 13.8 Å². The second-order valence-corrected chi connectivity index (χ2v) is 8.10. The fraction of sp³-hybridized carbons (Fsp3) is 0.789. The standard InChI is InChI=1S/C19H30O4/c1-12-7-8-16-18(4,5)10-9-17(23-14(3)21)19(16,6)15(12)11-22-13(2)20/h15-17H,1,7-11H2,2-6H3. The summed E-state index contributed by atoms with van der Waals surface area (Å²) in [4.78, 5) is 22.9. The van der Waals surface area contributed by atoms with Crippen molar-refractivity contribution in [1.82, 2.24) is 0 Å². The molecule has 0 N–H and O–H groups in total. The first-order chi connectivity index (χ1) is 10.6. The highest BCUT2D eigenvalue weighted by Gasteiger charge is 2.59. The minimum atomic E-state index is -0.275. The predicted octanol–water partition coefficient (Wildman–Crippen LogP) is 3.89. The third-order valence-corrected chi connectivity index (χ3v) is 6.20. The van der Waals surface area contributed by atoms with Crippen molar-refractivity contribution in [2.75, 3.05) is 6.61 Å². The number of fused-ring (bicyclic) bond motifs is 1. The molecule has 2 saturated carbocycles. The van der Waals surface area contributed by atoms with Crippen LogP contribution in [0.5, 0.6) is 0 Å². The van der Waals surface area contributed by atoms with E-state index in [-0.39, 0.29) is 34.8 Å². The molecule has 0 bridgehead atoms. The normalized spacial score (nSPS) is 36.0. The van der Waals surface area contributed by atoms with Gasteiger partial charge in [0.2, 0.25) is 0 Å². The van der Waals surface area contributed by atoms with Crippen molar-refractivity contribution >= 4 is 11.9 Å². The molecule has 2 rings (SSSR count). The number of carbonyl (C=O) groups is 2. The monoisotopic (exact) mass is 322 g/mol. The number of carbonyl (C=O) groups excluding carboxylic acids is 2.